The highest BCUT2D eigenvalue weighted by Crippen LogP contribution is 2.26. The smallest absolute Gasteiger partial charge is 0.248 e. The van der Waals surface area contributed by atoms with Gasteiger partial charge in [-0.1, -0.05) is 78.4 Å². The lowest BCUT2D eigenvalue weighted by atomic mass is 9.95. The number of aromatic nitrogens is 2. The summed E-state index contributed by atoms with van der Waals surface area (Å²) < 4.78 is 0. The molecule has 0 spiro atoms. The Bertz CT molecular complexity index is 970. The van der Waals surface area contributed by atoms with Gasteiger partial charge >= 0.3 is 0 Å². The largest absolute Gasteiger partial charge is 0.344 e. The highest BCUT2D eigenvalue weighted by molar-refractivity contribution is 7.18. The summed E-state index contributed by atoms with van der Waals surface area (Å²) in [6, 6.07) is 16.8. The quantitative estimate of drug-likeness (QED) is 0.615. The minimum atomic E-state index is -0.688. The third-order valence-electron chi connectivity index (χ3n) is 4.63. The highest BCUT2D eigenvalue weighted by atomic mass is 32.1. The van der Waals surface area contributed by atoms with E-state index in [1.807, 2.05) is 68.4 Å². The zero-order valence-electron chi connectivity index (χ0n) is 16.7. The van der Waals surface area contributed by atoms with Crippen molar-refractivity contribution in [2.24, 2.45) is 0 Å². The summed E-state index contributed by atoms with van der Waals surface area (Å²) in [6.07, 6.45) is 0.653. The Labute approximate surface area is 174 Å². The van der Waals surface area contributed by atoms with Crippen molar-refractivity contribution in [2.75, 3.05) is 5.32 Å². The molecule has 7 heteroatoms. The average Bonchev–Trinajstić information content (AvgIpc) is 3.18. The van der Waals surface area contributed by atoms with Crippen molar-refractivity contribution in [3.63, 3.8) is 0 Å². The Morgan fingerprint density at radius 3 is 2.34 bits per heavy atom. The molecule has 150 valence electrons. The fourth-order valence-corrected chi connectivity index (χ4v) is 3.69. The van der Waals surface area contributed by atoms with Crippen molar-refractivity contribution < 1.29 is 9.59 Å². The van der Waals surface area contributed by atoms with Crippen molar-refractivity contribution in [2.45, 2.75) is 39.2 Å². The van der Waals surface area contributed by atoms with Gasteiger partial charge in [-0.25, -0.2) is 0 Å². The number of amides is 2. The number of hydrogen-bond donors (Lipinski definition) is 2. The second kappa shape index (κ2) is 9.43. The maximum atomic E-state index is 12.6. The first-order chi connectivity index (χ1) is 14.0. The number of carbonyl (C=O) groups is 2. The number of benzene rings is 2. The fourth-order valence-electron chi connectivity index (χ4n) is 2.94. The van der Waals surface area contributed by atoms with Gasteiger partial charge in [-0.15, -0.1) is 10.2 Å². The number of aryl methyl sites for hydroxylation is 1. The standard InChI is InChI=1S/C22H24N4O2S/c1-4-18(16-8-6-5-7-9-16)20(28)23-15(3)19(27)24-22-26-25-21(29-22)17-12-10-14(2)11-13-17/h5-13,15,18H,4H2,1-3H3,(H,23,28)(H,24,26,27). The van der Waals surface area contributed by atoms with Crippen LogP contribution in [0.25, 0.3) is 10.6 Å². The Morgan fingerprint density at radius 2 is 1.69 bits per heavy atom. The van der Waals surface area contributed by atoms with Gasteiger partial charge in [0.2, 0.25) is 16.9 Å². The minimum Gasteiger partial charge on any atom is -0.344 e. The van der Waals surface area contributed by atoms with Gasteiger partial charge in [0, 0.05) is 5.56 Å². The maximum absolute atomic E-state index is 12.6. The number of rotatable bonds is 7. The molecule has 2 N–H and O–H groups in total. The van der Waals surface area contributed by atoms with Gasteiger partial charge in [-0.3, -0.25) is 14.9 Å². The van der Waals surface area contributed by atoms with Crippen molar-refractivity contribution >= 4 is 28.3 Å². The third-order valence-corrected chi connectivity index (χ3v) is 5.52. The Hall–Kier alpha value is -3.06. The van der Waals surface area contributed by atoms with E-state index in [9.17, 15) is 9.59 Å². The van der Waals surface area contributed by atoms with Crippen molar-refractivity contribution in [3.05, 3.63) is 65.7 Å². The summed E-state index contributed by atoms with van der Waals surface area (Å²) in [5.41, 5.74) is 3.05. The SMILES string of the molecule is CCC(C(=O)NC(C)C(=O)Nc1nnc(-c2ccc(C)cc2)s1)c1ccccc1. The molecule has 29 heavy (non-hydrogen) atoms. The number of hydrogen-bond acceptors (Lipinski definition) is 5. The predicted octanol–water partition coefficient (Wildman–Crippen LogP) is 4.15. The topological polar surface area (TPSA) is 84.0 Å². The van der Waals surface area contributed by atoms with E-state index in [2.05, 4.69) is 20.8 Å². The second-order valence-electron chi connectivity index (χ2n) is 6.87. The summed E-state index contributed by atoms with van der Waals surface area (Å²) in [6.45, 7) is 5.63. The monoisotopic (exact) mass is 408 g/mol. The van der Waals surface area contributed by atoms with Gasteiger partial charge in [-0.05, 0) is 25.8 Å². The molecule has 3 rings (SSSR count). The molecule has 0 aliphatic heterocycles. The van der Waals surface area contributed by atoms with E-state index in [1.165, 1.54) is 11.3 Å². The van der Waals surface area contributed by atoms with Crippen LogP contribution < -0.4 is 10.6 Å². The van der Waals surface area contributed by atoms with E-state index in [1.54, 1.807) is 6.92 Å². The van der Waals surface area contributed by atoms with Crippen LogP contribution in [0.15, 0.2) is 54.6 Å². The molecule has 2 unspecified atom stereocenters. The number of nitrogens with zero attached hydrogens (tertiary/aromatic N) is 2. The van der Waals surface area contributed by atoms with Crippen LogP contribution >= 0.6 is 11.3 Å². The summed E-state index contributed by atoms with van der Waals surface area (Å²) in [4.78, 5) is 25.1. The van der Waals surface area contributed by atoms with E-state index >= 15 is 0 Å². The molecule has 1 heterocycles. The van der Waals surface area contributed by atoms with Gasteiger partial charge < -0.3 is 5.32 Å². The molecule has 3 aromatic rings. The van der Waals surface area contributed by atoms with E-state index < -0.39 is 6.04 Å². The Balaban J connectivity index is 1.60. The lowest BCUT2D eigenvalue weighted by molar-refractivity contribution is -0.127. The van der Waals surface area contributed by atoms with Crippen molar-refractivity contribution in [1.29, 1.82) is 0 Å². The fraction of sp³-hybridized carbons (Fsp3) is 0.273. The molecule has 0 bridgehead atoms. The Morgan fingerprint density at radius 1 is 1.00 bits per heavy atom. The van der Waals surface area contributed by atoms with Gasteiger partial charge in [0.25, 0.3) is 0 Å². The molecule has 0 radical (unpaired) electrons. The average molecular weight is 409 g/mol. The summed E-state index contributed by atoms with van der Waals surface area (Å²) in [7, 11) is 0. The zero-order chi connectivity index (χ0) is 20.8. The van der Waals surface area contributed by atoms with Gasteiger partial charge in [0.1, 0.15) is 11.0 Å². The van der Waals surface area contributed by atoms with Crippen LogP contribution in [0.3, 0.4) is 0 Å². The molecule has 0 fully saturated rings. The number of anilines is 1. The number of nitrogens with one attached hydrogen (secondary N) is 2. The highest BCUT2D eigenvalue weighted by Gasteiger charge is 2.23. The lowest BCUT2D eigenvalue weighted by Crippen LogP contribution is -2.43. The molecule has 0 aliphatic carbocycles. The molecule has 0 aliphatic rings. The van der Waals surface area contributed by atoms with E-state index in [4.69, 9.17) is 0 Å². The first-order valence-corrected chi connectivity index (χ1v) is 10.4. The van der Waals surface area contributed by atoms with Crippen LogP contribution in [-0.4, -0.2) is 28.1 Å². The van der Waals surface area contributed by atoms with Crippen LogP contribution in [0.4, 0.5) is 5.13 Å². The number of carbonyl (C=O) groups excluding carboxylic acids is 2. The van der Waals surface area contributed by atoms with E-state index in [0.717, 1.165) is 21.7 Å². The van der Waals surface area contributed by atoms with Crippen LogP contribution in [0.2, 0.25) is 0 Å². The molecule has 0 saturated carbocycles. The predicted molar refractivity (Wildman–Crippen MR) is 116 cm³/mol. The summed E-state index contributed by atoms with van der Waals surface area (Å²) in [5, 5.41) is 14.8. The van der Waals surface area contributed by atoms with Gasteiger partial charge in [0.05, 0.1) is 5.92 Å². The third kappa shape index (κ3) is 5.26. The maximum Gasteiger partial charge on any atom is 0.248 e. The second-order valence-corrected chi connectivity index (χ2v) is 7.85. The van der Waals surface area contributed by atoms with Crippen LogP contribution in [0.5, 0.6) is 0 Å². The van der Waals surface area contributed by atoms with Crippen LogP contribution in [-0.2, 0) is 9.59 Å². The normalized spacial score (nSPS) is 12.8. The lowest BCUT2D eigenvalue weighted by Gasteiger charge is -2.19. The molecule has 6 nitrogen and oxygen atoms in total. The molecule has 2 atom stereocenters. The molecule has 1 aromatic heterocycles. The molecular formula is C22H24N4O2S. The van der Waals surface area contributed by atoms with Gasteiger partial charge in [0.15, 0.2) is 0 Å². The van der Waals surface area contributed by atoms with Gasteiger partial charge in [-0.2, -0.15) is 0 Å². The molecule has 2 amide bonds. The zero-order valence-corrected chi connectivity index (χ0v) is 17.5. The first-order valence-electron chi connectivity index (χ1n) is 9.54. The first kappa shape index (κ1) is 20.7. The summed E-state index contributed by atoms with van der Waals surface area (Å²) in [5.74, 6) is -0.784. The van der Waals surface area contributed by atoms with E-state index in [0.29, 0.717) is 11.6 Å². The van der Waals surface area contributed by atoms with Crippen molar-refractivity contribution in [3.8, 4) is 10.6 Å². The molecule has 2 aromatic carbocycles. The van der Waals surface area contributed by atoms with Crippen LogP contribution in [0.1, 0.15) is 37.3 Å². The Kier molecular flexibility index (Phi) is 6.72. The molecular weight excluding hydrogens is 384 g/mol. The van der Waals surface area contributed by atoms with Crippen LogP contribution in [0, 0.1) is 6.92 Å². The van der Waals surface area contributed by atoms with Crippen molar-refractivity contribution in [1.82, 2.24) is 15.5 Å². The van der Waals surface area contributed by atoms with E-state index in [-0.39, 0.29) is 17.7 Å². The minimum absolute atomic E-state index is 0.168. The molecule has 0 saturated heterocycles. The summed E-state index contributed by atoms with van der Waals surface area (Å²) >= 11 is 1.30.